The van der Waals surface area contributed by atoms with Gasteiger partial charge in [-0.3, -0.25) is 4.55 Å². The van der Waals surface area contributed by atoms with Crippen LogP contribution in [0.3, 0.4) is 0 Å². The van der Waals surface area contributed by atoms with Crippen LogP contribution >= 0.6 is 0 Å². The Morgan fingerprint density at radius 3 is 2.24 bits per heavy atom. The highest BCUT2D eigenvalue weighted by atomic mass is 32.2. The standard InChI is InChI=1S/C11H18F4N2O3S/c1-3-5-7-17(8-6-16(4-2)9-17)10(12,13)11(14,15)21(18,19)20/h6,8H,3-5,7,9H2,1-2H3/p+1. The average Bonchev–Trinajstić information content (AvgIpc) is 2.80. The third kappa shape index (κ3) is 2.88. The second kappa shape index (κ2) is 5.73. The Bertz CT molecular complexity index is 510. The second-order valence-corrected chi connectivity index (χ2v) is 6.45. The number of hydrogen-bond donors (Lipinski definition) is 1. The smallest absolute Gasteiger partial charge is 0.326 e. The highest BCUT2D eigenvalue weighted by Crippen LogP contribution is 2.47. The molecule has 1 heterocycles. The van der Waals surface area contributed by atoms with Crippen LogP contribution in [0.15, 0.2) is 12.4 Å². The second-order valence-electron chi connectivity index (χ2n) is 4.99. The van der Waals surface area contributed by atoms with Gasteiger partial charge in [-0.15, -0.1) is 8.78 Å². The van der Waals surface area contributed by atoms with Crippen LogP contribution in [0.4, 0.5) is 17.6 Å². The summed E-state index contributed by atoms with van der Waals surface area (Å²) in [6.45, 7) is 2.84. The molecule has 0 saturated heterocycles. The molecular formula is C11H19F4N2O3S+. The van der Waals surface area contributed by atoms with Gasteiger partial charge in [0.1, 0.15) is 6.20 Å². The van der Waals surface area contributed by atoms with Gasteiger partial charge in [0.2, 0.25) is 0 Å². The molecule has 0 spiro atoms. The van der Waals surface area contributed by atoms with Crippen molar-refractivity contribution in [2.45, 2.75) is 38.0 Å². The molecule has 1 atom stereocenters. The summed E-state index contributed by atoms with van der Waals surface area (Å²) >= 11 is 0. The molecule has 5 nitrogen and oxygen atoms in total. The molecule has 10 heteroatoms. The molecule has 0 bridgehead atoms. The lowest BCUT2D eigenvalue weighted by Gasteiger charge is -2.40. The van der Waals surface area contributed by atoms with E-state index in [1.165, 1.54) is 11.1 Å². The van der Waals surface area contributed by atoms with E-state index in [9.17, 15) is 26.0 Å². The molecule has 0 aromatic heterocycles. The first kappa shape index (κ1) is 18.2. The van der Waals surface area contributed by atoms with Crippen molar-refractivity contribution in [2.24, 2.45) is 0 Å². The number of halogens is 4. The molecule has 0 aliphatic carbocycles. The summed E-state index contributed by atoms with van der Waals surface area (Å²) in [5, 5.41) is -5.57. The van der Waals surface area contributed by atoms with E-state index in [4.69, 9.17) is 4.55 Å². The molecule has 0 aromatic carbocycles. The lowest BCUT2D eigenvalue weighted by atomic mass is 10.2. The molecule has 21 heavy (non-hydrogen) atoms. The van der Waals surface area contributed by atoms with Crippen LogP contribution in [0.1, 0.15) is 26.7 Å². The largest absolute Gasteiger partial charge is 0.491 e. The molecule has 1 aliphatic rings. The van der Waals surface area contributed by atoms with E-state index in [-0.39, 0.29) is 13.0 Å². The Balaban J connectivity index is 3.30. The lowest BCUT2D eigenvalue weighted by molar-refractivity contribution is -0.977. The summed E-state index contributed by atoms with van der Waals surface area (Å²) < 4.78 is 84.2. The Hall–Kier alpha value is -0.870. The van der Waals surface area contributed by atoms with Crippen molar-refractivity contribution in [2.75, 3.05) is 19.8 Å². The van der Waals surface area contributed by atoms with Crippen LogP contribution < -0.4 is 0 Å². The fraction of sp³-hybridized carbons (Fsp3) is 0.818. The monoisotopic (exact) mass is 335 g/mol. The number of alkyl halides is 4. The Morgan fingerprint density at radius 1 is 1.29 bits per heavy atom. The van der Waals surface area contributed by atoms with Crippen LogP contribution in [0.25, 0.3) is 0 Å². The van der Waals surface area contributed by atoms with E-state index in [2.05, 4.69) is 0 Å². The van der Waals surface area contributed by atoms with Crippen molar-refractivity contribution in [3.8, 4) is 0 Å². The summed E-state index contributed by atoms with van der Waals surface area (Å²) in [7, 11) is -6.24. The first-order chi connectivity index (χ1) is 9.45. The number of rotatable bonds is 7. The zero-order valence-electron chi connectivity index (χ0n) is 11.8. The first-order valence-electron chi connectivity index (χ1n) is 6.48. The maximum atomic E-state index is 14.3. The van der Waals surface area contributed by atoms with Gasteiger partial charge in [0.25, 0.3) is 0 Å². The molecule has 0 saturated carbocycles. The SMILES string of the molecule is CCCC[N+]1(C(F)(F)C(F)(F)S(=O)(=O)O)C=CN(CC)C1. The van der Waals surface area contributed by atoms with Gasteiger partial charge in [0, 0.05) is 6.54 Å². The topological polar surface area (TPSA) is 57.6 Å². The molecule has 0 aromatic rings. The number of nitrogens with zero attached hydrogens (tertiary/aromatic N) is 2. The highest BCUT2D eigenvalue weighted by molar-refractivity contribution is 7.86. The van der Waals surface area contributed by atoms with Gasteiger partial charge in [-0.25, -0.2) is 4.48 Å². The zero-order chi connectivity index (χ0) is 16.5. The number of unbranched alkanes of at least 4 members (excludes halogenated alkanes) is 1. The minimum atomic E-state index is -6.24. The minimum absolute atomic E-state index is 0.207. The van der Waals surface area contributed by atoms with Gasteiger partial charge in [0.15, 0.2) is 6.67 Å². The van der Waals surface area contributed by atoms with Crippen molar-refractivity contribution < 1.29 is 35.0 Å². The predicted octanol–water partition coefficient (Wildman–Crippen LogP) is 2.44. The zero-order valence-corrected chi connectivity index (χ0v) is 12.6. The maximum absolute atomic E-state index is 14.3. The quantitative estimate of drug-likeness (QED) is 0.336. The summed E-state index contributed by atoms with van der Waals surface area (Å²) in [6.07, 6.45) is 2.80. The van der Waals surface area contributed by atoms with E-state index < -0.39 is 32.6 Å². The van der Waals surface area contributed by atoms with Gasteiger partial charge < -0.3 is 4.90 Å². The fourth-order valence-corrected chi connectivity index (χ4v) is 2.66. The van der Waals surface area contributed by atoms with E-state index >= 15 is 0 Å². The normalized spacial score (nSPS) is 23.9. The lowest BCUT2D eigenvalue weighted by Crippen LogP contribution is -2.67. The Kier molecular flexibility index (Phi) is 4.96. The van der Waals surface area contributed by atoms with Crippen LogP contribution in [0.5, 0.6) is 0 Å². The van der Waals surface area contributed by atoms with Crippen molar-refractivity contribution in [1.82, 2.24) is 4.90 Å². The van der Waals surface area contributed by atoms with Crippen molar-refractivity contribution in [1.29, 1.82) is 0 Å². The van der Waals surface area contributed by atoms with Gasteiger partial charge in [-0.2, -0.15) is 17.2 Å². The van der Waals surface area contributed by atoms with E-state index in [1.807, 2.05) is 0 Å². The summed E-state index contributed by atoms with van der Waals surface area (Å²) in [4.78, 5) is 1.38. The Labute approximate surface area is 121 Å². The van der Waals surface area contributed by atoms with Gasteiger partial charge >= 0.3 is 21.4 Å². The summed E-state index contributed by atoms with van der Waals surface area (Å²) in [6, 6.07) is -4.98. The van der Waals surface area contributed by atoms with E-state index in [1.54, 1.807) is 13.8 Å². The Morgan fingerprint density at radius 2 is 1.86 bits per heavy atom. The first-order valence-corrected chi connectivity index (χ1v) is 7.92. The maximum Gasteiger partial charge on any atom is 0.491 e. The molecule has 1 aliphatic heterocycles. The van der Waals surface area contributed by atoms with Gasteiger partial charge in [-0.1, -0.05) is 13.3 Å². The molecule has 0 radical (unpaired) electrons. The third-order valence-corrected chi connectivity index (χ3v) is 4.44. The van der Waals surface area contributed by atoms with Crippen molar-refractivity contribution in [3.05, 3.63) is 12.4 Å². The number of hydrogen-bond acceptors (Lipinski definition) is 3. The van der Waals surface area contributed by atoms with Crippen LogP contribution in [-0.4, -0.2) is 53.4 Å². The molecule has 1 rings (SSSR count). The summed E-state index contributed by atoms with van der Waals surface area (Å²) in [5.74, 6) is 0. The molecule has 124 valence electrons. The molecule has 1 N–H and O–H groups in total. The van der Waals surface area contributed by atoms with E-state index in [0.717, 1.165) is 6.20 Å². The van der Waals surface area contributed by atoms with Crippen LogP contribution in [0, 0.1) is 0 Å². The fourth-order valence-electron chi connectivity index (χ4n) is 2.17. The molecule has 0 amide bonds. The van der Waals surface area contributed by atoms with Crippen molar-refractivity contribution in [3.63, 3.8) is 0 Å². The van der Waals surface area contributed by atoms with Crippen LogP contribution in [-0.2, 0) is 10.1 Å². The minimum Gasteiger partial charge on any atom is -0.326 e. The van der Waals surface area contributed by atoms with Crippen LogP contribution in [0.2, 0.25) is 0 Å². The average molecular weight is 335 g/mol. The van der Waals surface area contributed by atoms with Crippen molar-refractivity contribution >= 4 is 10.1 Å². The molecule has 0 fully saturated rings. The van der Waals surface area contributed by atoms with E-state index in [0.29, 0.717) is 13.0 Å². The van der Waals surface area contributed by atoms with Gasteiger partial charge in [0.05, 0.1) is 12.7 Å². The highest BCUT2D eigenvalue weighted by Gasteiger charge is 2.77. The van der Waals surface area contributed by atoms with Gasteiger partial charge in [-0.05, 0) is 13.3 Å². The third-order valence-electron chi connectivity index (χ3n) is 3.55. The number of quaternary nitrogens is 1. The molecule has 1 unspecified atom stereocenters. The summed E-state index contributed by atoms with van der Waals surface area (Å²) in [5.41, 5.74) is 0. The molecular weight excluding hydrogens is 316 g/mol. The predicted molar refractivity (Wildman–Crippen MR) is 67.9 cm³/mol.